The van der Waals surface area contributed by atoms with Gasteiger partial charge in [0.2, 0.25) is 11.7 Å². The summed E-state index contributed by atoms with van der Waals surface area (Å²) in [5.74, 6) is -1.08. The predicted octanol–water partition coefficient (Wildman–Crippen LogP) is 4.11. The first-order valence-electron chi connectivity index (χ1n) is 11.6. The fourth-order valence-corrected chi connectivity index (χ4v) is 4.81. The highest BCUT2D eigenvalue weighted by atomic mass is 16.5. The fourth-order valence-electron chi connectivity index (χ4n) is 4.81. The van der Waals surface area contributed by atoms with Crippen LogP contribution in [0.3, 0.4) is 0 Å². The number of carboxylic acids is 1. The molecule has 1 fully saturated rings. The molecule has 2 aliphatic rings. The van der Waals surface area contributed by atoms with Crippen molar-refractivity contribution in [1.82, 2.24) is 10.2 Å². The number of carbonyl (C=O) groups excluding carboxylic acids is 2. The number of rotatable bonds is 8. The summed E-state index contributed by atoms with van der Waals surface area (Å²) in [7, 11) is 1.65. The normalized spacial score (nSPS) is 17.9. The van der Waals surface area contributed by atoms with Crippen LogP contribution in [0.25, 0.3) is 11.1 Å². The van der Waals surface area contributed by atoms with Gasteiger partial charge in [-0.1, -0.05) is 48.5 Å². The molecule has 1 heterocycles. The molecule has 2 atom stereocenters. The van der Waals surface area contributed by atoms with E-state index in [9.17, 15) is 14.4 Å². The van der Waals surface area contributed by atoms with Gasteiger partial charge in [0.15, 0.2) is 0 Å². The second kappa shape index (κ2) is 9.29. The molecule has 1 saturated carbocycles. The van der Waals surface area contributed by atoms with Gasteiger partial charge in [0.05, 0.1) is 6.54 Å². The summed E-state index contributed by atoms with van der Waals surface area (Å²) in [6.45, 7) is 0.803. The predicted molar refractivity (Wildman–Crippen MR) is 127 cm³/mol. The van der Waals surface area contributed by atoms with Gasteiger partial charge in [-0.05, 0) is 46.7 Å². The summed E-state index contributed by atoms with van der Waals surface area (Å²) >= 11 is 0. The quantitative estimate of drug-likeness (QED) is 0.509. The zero-order valence-corrected chi connectivity index (χ0v) is 19.3. The zero-order valence-electron chi connectivity index (χ0n) is 19.3. The van der Waals surface area contributed by atoms with Crippen LogP contribution in [-0.4, -0.2) is 48.2 Å². The van der Waals surface area contributed by atoms with E-state index < -0.39 is 12.1 Å². The van der Waals surface area contributed by atoms with Gasteiger partial charge >= 0.3 is 12.1 Å². The molecule has 35 heavy (non-hydrogen) atoms. The van der Waals surface area contributed by atoms with Gasteiger partial charge in [-0.2, -0.15) is 0 Å². The molecule has 180 valence electrons. The third kappa shape index (κ3) is 4.64. The van der Waals surface area contributed by atoms with E-state index in [0.717, 1.165) is 11.1 Å². The van der Waals surface area contributed by atoms with Gasteiger partial charge in [-0.25, -0.2) is 9.59 Å². The number of ether oxygens (including phenoxy) is 1. The van der Waals surface area contributed by atoms with Crippen molar-refractivity contribution in [3.05, 3.63) is 83.3 Å². The Labute approximate surface area is 202 Å². The van der Waals surface area contributed by atoms with Crippen LogP contribution in [0.2, 0.25) is 0 Å². The first-order chi connectivity index (χ1) is 16.9. The second-order valence-electron chi connectivity index (χ2n) is 9.07. The van der Waals surface area contributed by atoms with Gasteiger partial charge in [0.1, 0.15) is 12.4 Å². The fraction of sp³-hybridized carbons (Fsp3) is 0.296. The molecule has 1 aromatic heterocycles. The van der Waals surface area contributed by atoms with Crippen molar-refractivity contribution in [3.63, 3.8) is 0 Å². The van der Waals surface area contributed by atoms with Crippen LogP contribution < -0.4 is 5.32 Å². The number of amides is 2. The molecular formula is C27H26N2O6. The van der Waals surface area contributed by atoms with Gasteiger partial charge in [0.25, 0.3) is 0 Å². The van der Waals surface area contributed by atoms with E-state index >= 15 is 0 Å². The summed E-state index contributed by atoms with van der Waals surface area (Å²) in [4.78, 5) is 37.5. The monoisotopic (exact) mass is 474 g/mol. The Bertz CT molecular complexity index is 1240. The van der Waals surface area contributed by atoms with E-state index in [1.54, 1.807) is 13.1 Å². The highest BCUT2D eigenvalue weighted by molar-refractivity contribution is 5.84. The van der Waals surface area contributed by atoms with Crippen LogP contribution in [0, 0.1) is 11.8 Å². The van der Waals surface area contributed by atoms with Crippen LogP contribution in [0.4, 0.5) is 4.79 Å². The van der Waals surface area contributed by atoms with Crippen LogP contribution in [0.1, 0.15) is 39.8 Å². The van der Waals surface area contributed by atoms with Gasteiger partial charge in [-0.15, -0.1) is 0 Å². The molecule has 8 heteroatoms. The average Bonchev–Trinajstić information content (AvgIpc) is 3.36. The molecule has 3 aromatic rings. The van der Waals surface area contributed by atoms with Crippen molar-refractivity contribution in [2.75, 3.05) is 20.2 Å². The Morgan fingerprint density at radius 2 is 1.69 bits per heavy atom. The van der Waals surface area contributed by atoms with E-state index in [2.05, 4.69) is 29.6 Å². The Balaban J connectivity index is 1.09. The van der Waals surface area contributed by atoms with E-state index in [1.165, 1.54) is 22.1 Å². The van der Waals surface area contributed by atoms with Crippen molar-refractivity contribution < 1.29 is 28.6 Å². The average molecular weight is 475 g/mol. The minimum absolute atomic E-state index is 0.000273. The third-order valence-corrected chi connectivity index (χ3v) is 6.73. The maximum Gasteiger partial charge on any atom is 0.407 e. The maximum atomic E-state index is 12.7. The summed E-state index contributed by atoms with van der Waals surface area (Å²) in [6, 6.07) is 19.3. The molecule has 5 rings (SSSR count). The van der Waals surface area contributed by atoms with Crippen LogP contribution in [0.5, 0.6) is 0 Å². The van der Waals surface area contributed by atoms with Crippen molar-refractivity contribution in [3.8, 4) is 11.1 Å². The van der Waals surface area contributed by atoms with E-state index in [1.807, 2.05) is 24.3 Å². The largest absolute Gasteiger partial charge is 0.475 e. The molecule has 2 N–H and O–H groups in total. The molecule has 0 saturated heterocycles. The zero-order chi connectivity index (χ0) is 24.5. The number of alkyl carbamates (subject to hydrolysis) is 1. The van der Waals surface area contributed by atoms with Crippen LogP contribution in [-0.2, 0) is 16.1 Å². The third-order valence-electron chi connectivity index (χ3n) is 6.73. The Morgan fingerprint density at radius 1 is 1.03 bits per heavy atom. The number of nitrogens with zero attached hydrogens (tertiary/aromatic N) is 1. The first kappa shape index (κ1) is 22.7. The minimum Gasteiger partial charge on any atom is -0.475 e. The summed E-state index contributed by atoms with van der Waals surface area (Å²) in [5.41, 5.74) is 4.66. The SMILES string of the molecule is CN(Cc1ccc(C(=O)O)o1)C(=O)C1CC1CNC(=O)OCC1c2ccccc2-c2ccccc21. The highest BCUT2D eigenvalue weighted by Crippen LogP contribution is 2.44. The lowest BCUT2D eigenvalue weighted by molar-refractivity contribution is -0.132. The smallest absolute Gasteiger partial charge is 0.407 e. The molecule has 2 unspecified atom stereocenters. The molecule has 0 radical (unpaired) electrons. The molecular weight excluding hydrogens is 448 g/mol. The first-order valence-corrected chi connectivity index (χ1v) is 11.6. The maximum absolute atomic E-state index is 12.7. The highest BCUT2D eigenvalue weighted by Gasteiger charge is 2.44. The molecule has 0 bridgehead atoms. The minimum atomic E-state index is -1.15. The topological polar surface area (TPSA) is 109 Å². The lowest BCUT2D eigenvalue weighted by Crippen LogP contribution is -2.31. The second-order valence-corrected chi connectivity index (χ2v) is 9.07. The lowest BCUT2D eigenvalue weighted by Gasteiger charge is -2.16. The number of nitrogens with one attached hydrogen (secondary N) is 1. The number of benzene rings is 2. The molecule has 8 nitrogen and oxygen atoms in total. The Kier molecular flexibility index (Phi) is 6.03. The number of carboxylic acid groups (broad SMARTS) is 1. The molecule has 2 amide bonds. The number of fused-ring (bicyclic) bond motifs is 3. The number of furan rings is 1. The van der Waals surface area contributed by atoms with Crippen molar-refractivity contribution in [2.45, 2.75) is 18.9 Å². The number of hydrogen-bond donors (Lipinski definition) is 2. The van der Waals surface area contributed by atoms with E-state index in [0.29, 0.717) is 18.7 Å². The summed E-state index contributed by atoms with van der Waals surface area (Å²) in [5, 5.41) is 11.7. The standard InChI is InChI=1S/C27H26N2O6/c1-29(14-17-10-11-24(35-17)26(31)32)25(30)22-12-16(22)13-28-27(33)34-15-23-20-8-4-2-6-18(20)19-7-3-5-9-21(19)23/h2-11,16,22-23H,12-15H2,1H3,(H,28,33)(H,31,32). The van der Waals surface area contributed by atoms with Crippen molar-refractivity contribution >= 4 is 18.0 Å². The van der Waals surface area contributed by atoms with E-state index in [4.69, 9.17) is 14.3 Å². The Hall–Kier alpha value is -4.07. The van der Waals surface area contributed by atoms with Crippen molar-refractivity contribution in [1.29, 1.82) is 0 Å². The van der Waals surface area contributed by atoms with Crippen LogP contribution in [0.15, 0.2) is 65.1 Å². The molecule has 2 aliphatic carbocycles. The van der Waals surface area contributed by atoms with Crippen LogP contribution >= 0.6 is 0 Å². The summed E-state index contributed by atoms with van der Waals surface area (Å²) < 4.78 is 10.8. The van der Waals surface area contributed by atoms with Gasteiger partial charge < -0.3 is 24.5 Å². The van der Waals surface area contributed by atoms with Gasteiger partial charge in [-0.3, -0.25) is 4.79 Å². The summed E-state index contributed by atoms with van der Waals surface area (Å²) in [6.07, 6.45) is 0.195. The number of carbonyl (C=O) groups is 3. The number of hydrogen-bond acceptors (Lipinski definition) is 5. The van der Waals surface area contributed by atoms with Crippen molar-refractivity contribution in [2.24, 2.45) is 11.8 Å². The number of aromatic carboxylic acids is 1. The Morgan fingerprint density at radius 3 is 2.31 bits per heavy atom. The molecule has 2 aromatic carbocycles. The molecule has 0 spiro atoms. The van der Waals surface area contributed by atoms with E-state index in [-0.39, 0.29) is 42.6 Å². The lowest BCUT2D eigenvalue weighted by atomic mass is 9.98. The molecule has 0 aliphatic heterocycles. The van der Waals surface area contributed by atoms with Gasteiger partial charge in [0, 0.05) is 25.4 Å².